The number of carboxylic acid groups (broad SMARTS) is 2. The van der Waals surface area contributed by atoms with E-state index in [9.17, 15) is 24.0 Å². The number of aliphatic hydroxyl groups is 1. The van der Waals surface area contributed by atoms with E-state index in [0.29, 0.717) is 31.4 Å². The lowest BCUT2D eigenvalue weighted by molar-refractivity contribution is -0.144. The molecule has 1 rings (SSSR count). The number of hydrogen-bond acceptors (Lipinski definition) is 8. The number of aliphatic carboxylic acids is 2. The number of unbranched alkanes of at least 4 members (excludes halogenated alkanes) is 1. The van der Waals surface area contributed by atoms with E-state index in [0.717, 1.165) is 0 Å². The number of aliphatic hydroxyl groups excluding tert-OH is 1. The number of rotatable bonds is 17. The maximum absolute atomic E-state index is 13.1. The predicted octanol–water partition coefficient (Wildman–Crippen LogP) is -1.92. The highest BCUT2D eigenvalue weighted by Crippen LogP contribution is 2.07. The normalized spacial score (nSPS) is 14.1. The first-order valence-electron chi connectivity index (χ1n) is 11.5. The third-order valence-electron chi connectivity index (χ3n) is 5.30. The third kappa shape index (κ3) is 11.3. The minimum Gasteiger partial charge on any atom is -0.481 e. The van der Waals surface area contributed by atoms with E-state index in [1.807, 2.05) is 0 Å². The Morgan fingerprint density at radius 3 is 1.94 bits per heavy atom. The second kappa shape index (κ2) is 16.2. The Hall–Kier alpha value is -3.55. The molecule has 0 saturated carbocycles. The van der Waals surface area contributed by atoms with Crippen LogP contribution in [0.25, 0.3) is 0 Å². The SMILES string of the molecule is NCCCCC(N)C(=O)NC(Cc1ccccc1)C(=O)NC(CCC(=O)O)C(=O)NC(CO)C(=O)O. The van der Waals surface area contributed by atoms with Gasteiger partial charge in [0.1, 0.15) is 18.1 Å². The highest BCUT2D eigenvalue weighted by Gasteiger charge is 2.30. The largest absolute Gasteiger partial charge is 0.481 e. The summed E-state index contributed by atoms with van der Waals surface area (Å²) in [5.74, 6) is -5.11. The molecule has 13 heteroatoms. The summed E-state index contributed by atoms with van der Waals surface area (Å²) in [7, 11) is 0. The van der Waals surface area contributed by atoms with Gasteiger partial charge in [0.25, 0.3) is 0 Å². The van der Waals surface area contributed by atoms with Gasteiger partial charge >= 0.3 is 11.9 Å². The van der Waals surface area contributed by atoms with Gasteiger partial charge in [-0.3, -0.25) is 19.2 Å². The van der Waals surface area contributed by atoms with Gasteiger partial charge in [-0.15, -0.1) is 0 Å². The van der Waals surface area contributed by atoms with Crippen LogP contribution >= 0.6 is 0 Å². The maximum atomic E-state index is 13.1. The van der Waals surface area contributed by atoms with E-state index in [2.05, 4.69) is 16.0 Å². The summed E-state index contributed by atoms with van der Waals surface area (Å²) in [4.78, 5) is 60.6. The highest BCUT2D eigenvalue weighted by molar-refractivity contribution is 5.94. The van der Waals surface area contributed by atoms with Crippen molar-refractivity contribution in [1.82, 2.24) is 16.0 Å². The topological polar surface area (TPSA) is 234 Å². The van der Waals surface area contributed by atoms with Gasteiger partial charge in [0.2, 0.25) is 17.7 Å². The zero-order chi connectivity index (χ0) is 27.1. The molecule has 3 amide bonds. The van der Waals surface area contributed by atoms with Crippen LogP contribution in [0.5, 0.6) is 0 Å². The van der Waals surface area contributed by atoms with Gasteiger partial charge in [-0.25, -0.2) is 4.79 Å². The zero-order valence-electron chi connectivity index (χ0n) is 19.9. The third-order valence-corrected chi connectivity index (χ3v) is 5.30. The van der Waals surface area contributed by atoms with Gasteiger partial charge < -0.3 is 42.7 Å². The minimum absolute atomic E-state index is 0.0512. The molecule has 0 saturated heterocycles. The number of nitrogens with two attached hydrogens (primary N) is 2. The van der Waals surface area contributed by atoms with E-state index < -0.39 is 66.9 Å². The standard InChI is InChI=1S/C23H35N5O8/c24-11-5-4-8-15(25)20(32)27-17(12-14-6-2-1-3-7-14)22(34)26-16(9-10-19(30)31)21(33)28-18(13-29)23(35)36/h1-3,6-7,15-18,29H,4-5,8-13,24-25H2,(H,26,34)(H,27,32)(H,28,33)(H,30,31)(H,35,36). The fourth-order valence-corrected chi connectivity index (χ4v) is 3.24. The number of carboxylic acids is 2. The molecule has 13 nitrogen and oxygen atoms in total. The van der Waals surface area contributed by atoms with Crippen LogP contribution in [-0.4, -0.2) is 82.3 Å². The first-order chi connectivity index (χ1) is 17.1. The predicted molar refractivity (Wildman–Crippen MR) is 128 cm³/mol. The highest BCUT2D eigenvalue weighted by atomic mass is 16.4. The van der Waals surface area contributed by atoms with Crippen LogP contribution in [0.2, 0.25) is 0 Å². The summed E-state index contributed by atoms with van der Waals surface area (Å²) in [6.07, 6.45) is 0.847. The lowest BCUT2D eigenvalue weighted by atomic mass is 10.0. The van der Waals surface area contributed by atoms with Crippen LogP contribution in [0.15, 0.2) is 30.3 Å². The number of nitrogens with one attached hydrogen (secondary N) is 3. The monoisotopic (exact) mass is 509 g/mol. The van der Waals surface area contributed by atoms with Gasteiger partial charge in [-0.05, 0) is 31.4 Å². The minimum atomic E-state index is -1.65. The Balaban J connectivity index is 3.06. The van der Waals surface area contributed by atoms with E-state index in [1.165, 1.54) is 0 Å². The van der Waals surface area contributed by atoms with Crippen molar-refractivity contribution < 1.29 is 39.3 Å². The second-order valence-electron chi connectivity index (χ2n) is 8.22. The van der Waals surface area contributed by atoms with E-state index in [1.54, 1.807) is 30.3 Å². The Morgan fingerprint density at radius 2 is 1.39 bits per heavy atom. The molecule has 1 aromatic carbocycles. The molecule has 0 bridgehead atoms. The van der Waals surface area contributed by atoms with Crippen molar-refractivity contribution in [2.45, 2.75) is 62.7 Å². The molecule has 0 aromatic heterocycles. The smallest absolute Gasteiger partial charge is 0.328 e. The van der Waals surface area contributed by atoms with Crippen molar-refractivity contribution >= 4 is 29.7 Å². The molecule has 10 N–H and O–H groups in total. The Kier molecular flexibility index (Phi) is 13.7. The molecule has 0 aliphatic carbocycles. The van der Waals surface area contributed by atoms with Gasteiger partial charge in [-0.1, -0.05) is 36.8 Å². The van der Waals surface area contributed by atoms with E-state index in [4.69, 9.17) is 26.8 Å². The summed E-state index contributed by atoms with van der Waals surface area (Å²) in [5.41, 5.74) is 12.1. The van der Waals surface area contributed by atoms with Crippen LogP contribution in [0.3, 0.4) is 0 Å². The molecule has 0 aliphatic rings. The van der Waals surface area contributed by atoms with Gasteiger partial charge in [0.05, 0.1) is 12.6 Å². The number of carbonyl (C=O) groups excluding carboxylic acids is 3. The Morgan fingerprint density at radius 1 is 0.806 bits per heavy atom. The average molecular weight is 510 g/mol. The summed E-state index contributed by atoms with van der Waals surface area (Å²) in [5, 5.41) is 34.3. The summed E-state index contributed by atoms with van der Waals surface area (Å²) in [6, 6.07) is 3.61. The van der Waals surface area contributed by atoms with Crippen LogP contribution in [0, 0.1) is 0 Å². The summed E-state index contributed by atoms with van der Waals surface area (Å²) in [6.45, 7) is -0.457. The summed E-state index contributed by atoms with van der Waals surface area (Å²) >= 11 is 0. The molecule has 0 fully saturated rings. The van der Waals surface area contributed by atoms with Crippen molar-refractivity contribution in [3.05, 3.63) is 35.9 Å². The lowest BCUT2D eigenvalue weighted by Gasteiger charge is -2.25. The number of carbonyl (C=O) groups is 5. The Labute approximate surface area is 208 Å². The van der Waals surface area contributed by atoms with Gasteiger partial charge in [0, 0.05) is 12.8 Å². The van der Waals surface area contributed by atoms with Gasteiger partial charge in [-0.2, -0.15) is 0 Å². The van der Waals surface area contributed by atoms with Crippen molar-refractivity contribution in [2.75, 3.05) is 13.2 Å². The lowest BCUT2D eigenvalue weighted by Crippen LogP contribution is -2.58. The molecular formula is C23H35N5O8. The first kappa shape index (κ1) is 30.5. The molecule has 36 heavy (non-hydrogen) atoms. The van der Waals surface area contributed by atoms with Crippen LogP contribution < -0.4 is 27.4 Å². The number of hydrogen-bond donors (Lipinski definition) is 8. The molecule has 0 radical (unpaired) electrons. The van der Waals surface area contributed by atoms with E-state index in [-0.39, 0.29) is 12.8 Å². The van der Waals surface area contributed by atoms with Crippen molar-refractivity contribution in [1.29, 1.82) is 0 Å². The molecule has 4 unspecified atom stereocenters. The van der Waals surface area contributed by atoms with Crippen LogP contribution in [0.1, 0.15) is 37.7 Å². The van der Waals surface area contributed by atoms with E-state index >= 15 is 0 Å². The summed E-state index contributed by atoms with van der Waals surface area (Å²) < 4.78 is 0. The maximum Gasteiger partial charge on any atom is 0.328 e. The fourth-order valence-electron chi connectivity index (χ4n) is 3.24. The molecule has 0 heterocycles. The van der Waals surface area contributed by atoms with Crippen molar-refractivity contribution in [2.24, 2.45) is 11.5 Å². The molecule has 1 aromatic rings. The average Bonchev–Trinajstić information content (AvgIpc) is 2.84. The molecule has 200 valence electrons. The van der Waals surface area contributed by atoms with Crippen molar-refractivity contribution in [3.8, 4) is 0 Å². The van der Waals surface area contributed by atoms with Crippen LogP contribution in [-0.2, 0) is 30.4 Å². The first-order valence-corrected chi connectivity index (χ1v) is 11.5. The molecule has 0 spiro atoms. The molecule has 0 aliphatic heterocycles. The quantitative estimate of drug-likeness (QED) is 0.108. The van der Waals surface area contributed by atoms with Crippen LogP contribution in [0.4, 0.5) is 0 Å². The molecular weight excluding hydrogens is 474 g/mol. The number of amides is 3. The number of benzene rings is 1. The fraction of sp³-hybridized carbons (Fsp3) is 0.522. The Bertz CT molecular complexity index is 883. The zero-order valence-corrected chi connectivity index (χ0v) is 19.9. The van der Waals surface area contributed by atoms with Crippen molar-refractivity contribution in [3.63, 3.8) is 0 Å². The van der Waals surface area contributed by atoms with Gasteiger partial charge in [0.15, 0.2) is 0 Å². The second-order valence-corrected chi connectivity index (χ2v) is 8.22. The molecule has 4 atom stereocenters.